The fourth-order valence-corrected chi connectivity index (χ4v) is 1.86. The molecule has 18 heavy (non-hydrogen) atoms. The van der Waals surface area contributed by atoms with Gasteiger partial charge in [-0.15, -0.1) is 10.2 Å². The van der Waals surface area contributed by atoms with Crippen LogP contribution >= 0.6 is 0 Å². The van der Waals surface area contributed by atoms with Crippen LogP contribution in [0.1, 0.15) is 10.5 Å². The van der Waals surface area contributed by atoms with Crippen LogP contribution in [0.4, 0.5) is 5.82 Å². The number of nitrogens with zero attached hydrogens (tertiary/aromatic N) is 2. The van der Waals surface area contributed by atoms with E-state index in [-0.39, 0.29) is 17.8 Å². The molecule has 1 saturated heterocycles. The van der Waals surface area contributed by atoms with Gasteiger partial charge in [-0.3, -0.25) is 0 Å². The van der Waals surface area contributed by atoms with Gasteiger partial charge in [-0.05, 0) is 12.1 Å². The number of esters is 1. The first kappa shape index (κ1) is 12.7. The second-order valence-electron chi connectivity index (χ2n) is 3.98. The van der Waals surface area contributed by atoms with Crippen molar-refractivity contribution < 1.29 is 14.3 Å². The number of anilines is 1. The molecule has 1 unspecified atom stereocenters. The topological polar surface area (TPSA) is 85.4 Å². The molecule has 0 aromatic carbocycles. The molecule has 7 heteroatoms. The molecule has 0 saturated carbocycles. The molecule has 1 aliphatic rings. The Kier molecular flexibility index (Phi) is 4.06. The minimum atomic E-state index is -0.494. The van der Waals surface area contributed by atoms with Crippen molar-refractivity contribution in [3.05, 3.63) is 17.8 Å². The van der Waals surface area contributed by atoms with Crippen LogP contribution in [0, 0.1) is 0 Å². The Morgan fingerprint density at radius 2 is 2.22 bits per heavy atom. The zero-order chi connectivity index (χ0) is 13.0. The van der Waals surface area contributed by atoms with Crippen LogP contribution in [-0.4, -0.2) is 55.6 Å². The van der Waals surface area contributed by atoms with Gasteiger partial charge in [0.2, 0.25) is 0 Å². The minimum Gasteiger partial charge on any atom is -0.464 e. The quantitative estimate of drug-likeness (QED) is 0.709. The summed E-state index contributed by atoms with van der Waals surface area (Å²) in [6.45, 7) is 1.61. The van der Waals surface area contributed by atoms with Gasteiger partial charge in [0.15, 0.2) is 5.69 Å². The van der Waals surface area contributed by atoms with Crippen LogP contribution in [-0.2, 0) is 9.47 Å². The van der Waals surface area contributed by atoms with E-state index in [1.165, 1.54) is 7.11 Å². The Bertz CT molecular complexity index is 409. The zero-order valence-corrected chi connectivity index (χ0v) is 10.3. The Hall–Kier alpha value is -1.73. The number of nitrogens with one attached hydrogen (secondary N) is 2. The summed E-state index contributed by atoms with van der Waals surface area (Å²) >= 11 is 0. The third kappa shape index (κ3) is 2.74. The molecule has 0 spiro atoms. The van der Waals surface area contributed by atoms with E-state index in [0.29, 0.717) is 5.82 Å². The molecule has 2 rings (SSSR count). The molecule has 98 valence electrons. The predicted octanol–water partition coefficient (Wildman–Crippen LogP) is -0.338. The van der Waals surface area contributed by atoms with Crippen molar-refractivity contribution in [2.75, 3.05) is 32.6 Å². The second kappa shape index (κ2) is 5.74. The fourth-order valence-electron chi connectivity index (χ4n) is 1.86. The average molecular weight is 252 g/mol. The highest BCUT2D eigenvalue weighted by Crippen LogP contribution is 2.11. The number of ether oxygens (including phenoxy) is 2. The number of carbonyl (C=O) groups excluding carboxylic acids is 1. The average Bonchev–Trinajstić information content (AvgIpc) is 2.86. The Balaban J connectivity index is 2.00. The lowest BCUT2D eigenvalue weighted by Crippen LogP contribution is -2.34. The van der Waals surface area contributed by atoms with E-state index in [2.05, 4.69) is 25.6 Å². The van der Waals surface area contributed by atoms with Gasteiger partial charge in [-0.2, -0.15) is 0 Å². The van der Waals surface area contributed by atoms with Crippen LogP contribution < -0.4 is 10.6 Å². The first-order valence-corrected chi connectivity index (χ1v) is 5.66. The molecule has 1 aromatic heterocycles. The van der Waals surface area contributed by atoms with E-state index in [1.807, 2.05) is 0 Å². The standard InChI is InChI=1S/C11H16N4O3/c1-17-9-6-12-5-8(9)13-10-4-3-7(14-15-10)11(16)18-2/h3-4,8-9,12H,5-6H2,1-2H3,(H,13,15)/t8?,9-/m0/s1. The molecular weight excluding hydrogens is 236 g/mol. The van der Waals surface area contributed by atoms with Gasteiger partial charge < -0.3 is 20.1 Å². The minimum absolute atomic E-state index is 0.104. The predicted molar refractivity (Wildman–Crippen MR) is 64.4 cm³/mol. The van der Waals surface area contributed by atoms with Crippen molar-refractivity contribution in [1.82, 2.24) is 15.5 Å². The summed E-state index contributed by atoms with van der Waals surface area (Å²) < 4.78 is 9.88. The van der Waals surface area contributed by atoms with Gasteiger partial charge in [-0.1, -0.05) is 0 Å². The van der Waals surface area contributed by atoms with E-state index in [4.69, 9.17) is 4.74 Å². The van der Waals surface area contributed by atoms with Crippen molar-refractivity contribution in [3.63, 3.8) is 0 Å². The van der Waals surface area contributed by atoms with Crippen molar-refractivity contribution >= 4 is 11.8 Å². The van der Waals surface area contributed by atoms with Gasteiger partial charge in [0.05, 0.1) is 19.3 Å². The highest BCUT2D eigenvalue weighted by Gasteiger charge is 2.26. The summed E-state index contributed by atoms with van der Waals surface area (Å²) in [5.74, 6) is 0.116. The van der Waals surface area contributed by atoms with E-state index in [0.717, 1.165) is 13.1 Å². The summed E-state index contributed by atoms with van der Waals surface area (Å²) in [5.41, 5.74) is 0.191. The third-order valence-electron chi connectivity index (χ3n) is 2.85. The van der Waals surface area contributed by atoms with E-state index >= 15 is 0 Å². The molecular formula is C11H16N4O3. The molecule has 1 aliphatic heterocycles. The van der Waals surface area contributed by atoms with E-state index in [9.17, 15) is 4.79 Å². The Morgan fingerprint density at radius 1 is 1.39 bits per heavy atom. The molecule has 2 atom stereocenters. The van der Waals surface area contributed by atoms with E-state index in [1.54, 1.807) is 19.2 Å². The van der Waals surface area contributed by atoms with Crippen molar-refractivity contribution in [2.24, 2.45) is 0 Å². The van der Waals surface area contributed by atoms with Gasteiger partial charge >= 0.3 is 5.97 Å². The Labute approximate surface area is 105 Å². The summed E-state index contributed by atoms with van der Waals surface area (Å²) in [6, 6.07) is 3.42. The largest absolute Gasteiger partial charge is 0.464 e. The van der Waals surface area contributed by atoms with Gasteiger partial charge in [0.1, 0.15) is 5.82 Å². The van der Waals surface area contributed by atoms with Crippen molar-refractivity contribution in [3.8, 4) is 0 Å². The highest BCUT2D eigenvalue weighted by molar-refractivity contribution is 5.86. The van der Waals surface area contributed by atoms with Crippen molar-refractivity contribution in [2.45, 2.75) is 12.1 Å². The highest BCUT2D eigenvalue weighted by atomic mass is 16.5. The summed E-state index contributed by atoms with van der Waals surface area (Å²) in [6.07, 6.45) is 0.104. The van der Waals surface area contributed by atoms with Gasteiger partial charge in [-0.25, -0.2) is 4.79 Å². The summed E-state index contributed by atoms with van der Waals surface area (Å²) in [5, 5.41) is 14.2. The van der Waals surface area contributed by atoms with Crippen LogP contribution in [0.5, 0.6) is 0 Å². The van der Waals surface area contributed by atoms with Crippen molar-refractivity contribution in [1.29, 1.82) is 0 Å². The molecule has 0 aliphatic carbocycles. The number of aromatic nitrogens is 2. The first-order valence-electron chi connectivity index (χ1n) is 5.66. The molecule has 2 heterocycles. The SMILES string of the molecule is COC(=O)c1ccc(NC2CNC[C@@H]2OC)nn1. The zero-order valence-electron chi connectivity index (χ0n) is 10.3. The maximum Gasteiger partial charge on any atom is 0.358 e. The lowest BCUT2D eigenvalue weighted by molar-refractivity contribution is 0.0592. The Morgan fingerprint density at radius 3 is 2.83 bits per heavy atom. The number of carbonyl (C=O) groups is 1. The van der Waals surface area contributed by atoms with Crippen LogP contribution in [0.25, 0.3) is 0 Å². The maximum atomic E-state index is 11.2. The summed E-state index contributed by atoms with van der Waals surface area (Å²) in [4.78, 5) is 11.2. The normalized spacial score (nSPS) is 22.8. The first-order chi connectivity index (χ1) is 8.74. The van der Waals surface area contributed by atoms with Crippen LogP contribution in [0.15, 0.2) is 12.1 Å². The lowest BCUT2D eigenvalue weighted by atomic mass is 10.2. The number of hydrogen-bond acceptors (Lipinski definition) is 7. The lowest BCUT2D eigenvalue weighted by Gasteiger charge is -2.18. The van der Waals surface area contributed by atoms with Gasteiger partial charge in [0, 0.05) is 20.2 Å². The molecule has 0 bridgehead atoms. The molecule has 1 fully saturated rings. The van der Waals surface area contributed by atoms with E-state index < -0.39 is 5.97 Å². The molecule has 0 amide bonds. The molecule has 0 radical (unpaired) electrons. The van der Waals surface area contributed by atoms with Crippen LogP contribution in [0.2, 0.25) is 0 Å². The smallest absolute Gasteiger partial charge is 0.358 e. The maximum absolute atomic E-state index is 11.2. The number of methoxy groups -OCH3 is 2. The number of rotatable bonds is 4. The number of hydrogen-bond donors (Lipinski definition) is 2. The monoisotopic (exact) mass is 252 g/mol. The third-order valence-corrected chi connectivity index (χ3v) is 2.85. The summed E-state index contributed by atoms with van der Waals surface area (Å²) in [7, 11) is 2.99. The second-order valence-corrected chi connectivity index (χ2v) is 3.98. The molecule has 2 N–H and O–H groups in total. The molecule has 7 nitrogen and oxygen atoms in total. The van der Waals surface area contributed by atoms with Gasteiger partial charge in [0.25, 0.3) is 0 Å². The van der Waals surface area contributed by atoms with Crippen LogP contribution in [0.3, 0.4) is 0 Å². The molecule has 1 aromatic rings. The fraction of sp³-hybridized carbons (Fsp3) is 0.545.